The predicted molar refractivity (Wildman–Crippen MR) is 72.0 cm³/mol. The van der Waals surface area contributed by atoms with Crippen LogP contribution in [0.2, 0.25) is 5.02 Å². The normalized spacial score (nSPS) is 21.9. The molecular weight excluding hydrogens is 285 g/mol. The summed E-state index contributed by atoms with van der Waals surface area (Å²) in [7, 11) is 1.32. The Kier molecular flexibility index (Phi) is 4.28. The minimum Gasteiger partial charge on any atom is -0.469 e. The Balaban J connectivity index is 2.19. The number of amides is 1. The van der Waals surface area contributed by atoms with Gasteiger partial charge in [-0.05, 0) is 18.1 Å². The number of nitrogens with zero attached hydrogens (tertiary/aromatic N) is 1. The first-order valence-electron chi connectivity index (χ1n) is 6.26. The minimum atomic E-state index is -0.728. The molecule has 0 radical (unpaired) electrons. The van der Waals surface area contributed by atoms with Gasteiger partial charge in [0.05, 0.1) is 23.6 Å². The number of rotatable bonds is 2. The molecule has 1 amide bonds. The van der Waals surface area contributed by atoms with Crippen LogP contribution in [0.15, 0.2) is 18.2 Å². The van der Waals surface area contributed by atoms with Crippen LogP contribution in [-0.4, -0.2) is 37.0 Å². The van der Waals surface area contributed by atoms with E-state index >= 15 is 0 Å². The van der Waals surface area contributed by atoms with Crippen LogP contribution in [0.5, 0.6) is 0 Å². The van der Waals surface area contributed by atoms with Crippen molar-refractivity contribution in [1.29, 1.82) is 0 Å². The van der Waals surface area contributed by atoms with Gasteiger partial charge >= 0.3 is 5.97 Å². The Labute approximate surface area is 121 Å². The predicted octanol–water partition coefficient (Wildman–Crippen LogP) is 2.36. The lowest BCUT2D eigenvalue weighted by Gasteiger charge is -2.16. The highest BCUT2D eigenvalue weighted by molar-refractivity contribution is 6.31. The number of halogens is 2. The molecule has 108 valence electrons. The Bertz CT molecular complexity index is 549. The monoisotopic (exact) mass is 299 g/mol. The second kappa shape index (κ2) is 5.79. The van der Waals surface area contributed by atoms with Gasteiger partial charge in [-0.15, -0.1) is 0 Å². The zero-order chi connectivity index (χ0) is 14.9. The van der Waals surface area contributed by atoms with E-state index in [2.05, 4.69) is 0 Å². The first-order valence-corrected chi connectivity index (χ1v) is 6.64. The Morgan fingerprint density at radius 2 is 2.10 bits per heavy atom. The Hall–Kier alpha value is -1.62. The SMILES string of the molecule is COC(=O)C1CN(C(=O)c2cccc(Cl)c2F)CC1C. The lowest BCUT2D eigenvalue weighted by Crippen LogP contribution is -2.30. The number of esters is 1. The summed E-state index contributed by atoms with van der Waals surface area (Å²) < 4.78 is 18.6. The van der Waals surface area contributed by atoms with Crippen LogP contribution >= 0.6 is 11.6 Å². The Morgan fingerprint density at radius 3 is 2.75 bits per heavy atom. The van der Waals surface area contributed by atoms with E-state index in [4.69, 9.17) is 16.3 Å². The van der Waals surface area contributed by atoms with Crippen molar-refractivity contribution in [3.05, 3.63) is 34.6 Å². The van der Waals surface area contributed by atoms with E-state index in [1.54, 1.807) is 0 Å². The van der Waals surface area contributed by atoms with Crippen molar-refractivity contribution in [2.75, 3.05) is 20.2 Å². The number of methoxy groups -OCH3 is 1. The highest BCUT2D eigenvalue weighted by Gasteiger charge is 2.38. The van der Waals surface area contributed by atoms with Crippen molar-refractivity contribution in [3.8, 4) is 0 Å². The summed E-state index contributed by atoms with van der Waals surface area (Å²) in [5.41, 5.74) is -0.0739. The van der Waals surface area contributed by atoms with Gasteiger partial charge < -0.3 is 9.64 Å². The fraction of sp³-hybridized carbons (Fsp3) is 0.429. The second-order valence-electron chi connectivity index (χ2n) is 4.92. The number of hydrogen-bond donors (Lipinski definition) is 0. The van der Waals surface area contributed by atoms with Gasteiger partial charge in [-0.2, -0.15) is 0 Å². The average molecular weight is 300 g/mol. The molecule has 1 fully saturated rings. The molecule has 1 aliphatic heterocycles. The largest absolute Gasteiger partial charge is 0.469 e. The first-order chi connectivity index (χ1) is 9.45. The molecule has 1 aromatic rings. The average Bonchev–Trinajstić information content (AvgIpc) is 2.82. The summed E-state index contributed by atoms with van der Waals surface area (Å²) in [4.78, 5) is 25.4. The molecule has 0 N–H and O–H groups in total. The van der Waals surface area contributed by atoms with Gasteiger partial charge in [0, 0.05) is 13.1 Å². The topological polar surface area (TPSA) is 46.6 Å². The molecule has 0 aliphatic carbocycles. The fourth-order valence-electron chi connectivity index (χ4n) is 2.43. The van der Waals surface area contributed by atoms with Crippen LogP contribution in [0, 0.1) is 17.7 Å². The summed E-state index contributed by atoms with van der Waals surface area (Å²) in [6.45, 7) is 2.49. The molecule has 1 aromatic carbocycles. The summed E-state index contributed by atoms with van der Waals surface area (Å²) in [5, 5.41) is -0.0902. The molecule has 2 unspecified atom stereocenters. The van der Waals surface area contributed by atoms with E-state index in [0.29, 0.717) is 6.54 Å². The van der Waals surface area contributed by atoms with E-state index in [9.17, 15) is 14.0 Å². The smallest absolute Gasteiger partial charge is 0.310 e. The number of benzene rings is 1. The van der Waals surface area contributed by atoms with Crippen molar-refractivity contribution in [1.82, 2.24) is 4.90 Å². The highest BCUT2D eigenvalue weighted by atomic mass is 35.5. The van der Waals surface area contributed by atoms with Crippen LogP contribution in [0.4, 0.5) is 4.39 Å². The minimum absolute atomic E-state index is 0.0198. The van der Waals surface area contributed by atoms with Crippen molar-refractivity contribution >= 4 is 23.5 Å². The van der Waals surface area contributed by atoms with Gasteiger partial charge in [0.25, 0.3) is 5.91 Å². The molecule has 20 heavy (non-hydrogen) atoms. The number of likely N-dealkylation sites (tertiary alicyclic amines) is 1. The molecule has 1 heterocycles. The van der Waals surface area contributed by atoms with Gasteiger partial charge in [-0.25, -0.2) is 4.39 Å². The molecular formula is C14H15ClFNO3. The van der Waals surface area contributed by atoms with Crippen molar-refractivity contribution in [3.63, 3.8) is 0 Å². The molecule has 1 saturated heterocycles. The molecule has 0 saturated carbocycles. The van der Waals surface area contributed by atoms with Crippen LogP contribution in [0.1, 0.15) is 17.3 Å². The van der Waals surface area contributed by atoms with Crippen LogP contribution in [0.25, 0.3) is 0 Å². The maximum atomic E-state index is 13.9. The molecule has 0 spiro atoms. The fourth-order valence-corrected chi connectivity index (χ4v) is 2.60. The van der Waals surface area contributed by atoms with E-state index in [0.717, 1.165) is 0 Å². The van der Waals surface area contributed by atoms with Gasteiger partial charge in [0.15, 0.2) is 5.82 Å². The maximum Gasteiger partial charge on any atom is 0.310 e. The van der Waals surface area contributed by atoms with Gasteiger partial charge in [-0.1, -0.05) is 24.6 Å². The number of carbonyl (C=O) groups excluding carboxylic acids is 2. The summed E-state index contributed by atoms with van der Waals surface area (Å²) in [5.74, 6) is -1.92. The van der Waals surface area contributed by atoms with Crippen LogP contribution < -0.4 is 0 Å². The highest BCUT2D eigenvalue weighted by Crippen LogP contribution is 2.27. The molecule has 6 heteroatoms. The zero-order valence-corrected chi connectivity index (χ0v) is 12.0. The lowest BCUT2D eigenvalue weighted by atomic mass is 9.99. The summed E-state index contributed by atoms with van der Waals surface area (Å²) >= 11 is 5.67. The molecule has 2 atom stereocenters. The number of hydrogen-bond acceptors (Lipinski definition) is 3. The third-order valence-electron chi connectivity index (χ3n) is 3.59. The van der Waals surface area contributed by atoms with E-state index < -0.39 is 11.7 Å². The number of ether oxygens (including phenoxy) is 1. The van der Waals surface area contributed by atoms with Crippen molar-refractivity contribution in [2.24, 2.45) is 11.8 Å². The molecule has 1 aliphatic rings. The zero-order valence-electron chi connectivity index (χ0n) is 11.2. The summed E-state index contributed by atoms with van der Waals surface area (Å²) in [6, 6.07) is 4.30. The second-order valence-corrected chi connectivity index (χ2v) is 5.33. The van der Waals surface area contributed by atoms with Gasteiger partial charge in [0.2, 0.25) is 0 Å². The third-order valence-corrected chi connectivity index (χ3v) is 3.88. The van der Waals surface area contributed by atoms with Crippen molar-refractivity contribution < 1.29 is 18.7 Å². The lowest BCUT2D eigenvalue weighted by molar-refractivity contribution is -0.146. The standard InChI is InChI=1S/C14H15ClFNO3/c1-8-6-17(7-10(8)14(19)20-2)13(18)9-4-3-5-11(15)12(9)16/h3-5,8,10H,6-7H2,1-2H3. The summed E-state index contributed by atoms with van der Waals surface area (Å²) in [6.07, 6.45) is 0. The quantitative estimate of drug-likeness (QED) is 0.788. The molecule has 4 nitrogen and oxygen atoms in total. The van der Waals surface area contributed by atoms with Crippen LogP contribution in [-0.2, 0) is 9.53 Å². The van der Waals surface area contributed by atoms with Gasteiger partial charge in [0.1, 0.15) is 0 Å². The molecule has 2 rings (SSSR count). The van der Waals surface area contributed by atoms with Gasteiger partial charge in [-0.3, -0.25) is 9.59 Å². The Morgan fingerprint density at radius 1 is 1.40 bits per heavy atom. The van der Waals surface area contributed by atoms with Crippen molar-refractivity contribution in [2.45, 2.75) is 6.92 Å². The first kappa shape index (κ1) is 14.8. The van der Waals surface area contributed by atoms with E-state index in [-0.39, 0.29) is 34.9 Å². The van der Waals surface area contributed by atoms with Crippen LogP contribution in [0.3, 0.4) is 0 Å². The third kappa shape index (κ3) is 2.63. The number of carbonyl (C=O) groups is 2. The molecule has 0 bridgehead atoms. The molecule has 0 aromatic heterocycles. The van der Waals surface area contributed by atoms with E-state index in [1.165, 1.54) is 30.2 Å². The maximum absolute atomic E-state index is 13.9. The van der Waals surface area contributed by atoms with E-state index in [1.807, 2.05) is 6.92 Å².